The zero-order chi connectivity index (χ0) is 14.4. The molecule has 1 heterocycles. The molecule has 1 aromatic rings. The zero-order valence-corrected chi connectivity index (χ0v) is 12.4. The first kappa shape index (κ1) is 14.4. The van der Waals surface area contributed by atoms with Crippen LogP contribution in [0.2, 0.25) is 0 Å². The molecule has 1 aliphatic carbocycles. The lowest BCUT2D eigenvalue weighted by molar-refractivity contribution is 0.954. The standard InChI is InChI=1S/C18H22N2/c1-4-6-10-15(5-2)18-19-14(3)13-17(20-18)16-11-8-7-9-12-16/h5,7-8,10-11,13H,2,4,6,9,12H2,1,3H3/b15-10+. The maximum absolute atomic E-state index is 4.73. The number of aryl methyl sites for hydroxylation is 1. The highest BCUT2D eigenvalue weighted by Crippen LogP contribution is 2.24. The Bertz CT molecular complexity index is 577. The van der Waals surface area contributed by atoms with Gasteiger partial charge in [-0.05, 0) is 37.8 Å². The van der Waals surface area contributed by atoms with E-state index in [1.165, 1.54) is 5.57 Å². The fourth-order valence-corrected chi connectivity index (χ4v) is 2.24. The molecule has 0 saturated carbocycles. The predicted octanol–water partition coefficient (Wildman–Crippen LogP) is 4.89. The van der Waals surface area contributed by atoms with E-state index in [9.17, 15) is 0 Å². The lowest BCUT2D eigenvalue weighted by atomic mass is 10.0. The Labute approximate surface area is 121 Å². The molecular weight excluding hydrogens is 244 g/mol. The molecule has 0 atom stereocenters. The van der Waals surface area contributed by atoms with E-state index >= 15 is 0 Å². The lowest BCUT2D eigenvalue weighted by Crippen LogP contribution is -2.01. The molecule has 1 aliphatic rings. The van der Waals surface area contributed by atoms with Gasteiger partial charge < -0.3 is 0 Å². The number of nitrogens with zero attached hydrogens (tertiary/aromatic N) is 2. The second kappa shape index (κ2) is 6.99. The summed E-state index contributed by atoms with van der Waals surface area (Å²) in [6.07, 6.45) is 14.7. The summed E-state index contributed by atoms with van der Waals surface area (Å²) in [7, 11) is 0. The molecule has 104 valence electrons. The minimum absolute atomic E-state index is 0.791. The Balaban J connectivity index is 2.40. The Kier molecular flexibility index (Phi) is 5.05. The van der Waals surface area contributed by atoms with Gasteiger partial charge in [0.1, 0.15) is 0 Å². The van der Waals surface area contributed by atoms with Gasteiger partial charge in [0.05, 0.1) is 5.69 Å². The normalized spacial score (nSPS) is 15.1. The third kappa shape index (κ3) is 3.53. The smallest absolute Gasteiger partial charge is 0.159 e. The Morgan fingerprint density at radius 1 is 1.40 bits per heavy atom. The van der Waals surface area contributed by atoms with Gasteiger partial charge in [-0.15, -0.1) is 0 Å². The fraction of sp³-hybridized carbons (Fsp3) is 0.333. The highest BCUT2D eigenvalue weighted by Gasteiger charge is 2.09. The van der Waals surface area contributed by atoms with Crippen molar-refractivity contribution in [3.8, 4) is 0 Å². The third-order valence-electron chi connectivity index (χ3n) is 3.33. The van der Waals surface area contributed by atoms with Gasteiger partial charge in [-0.1, -0.05) is 50.3 Å². The van der Waals surface area contributed by atoms with Crippen molar-refractivity contribution >= 4 is 11.1 Å². The molecule has 2 heteroatoms. The summed E-state index contributed by atoms with van der Waals surface area (Å²) in [5.41, 5.74) is 4.37. The molecule has 0 saturated heterocycles. The van der Waals surface area contributed by atoms with Gasteiger partial charge in [0.25, 0.3) is 0 Å². The average molecular weight is 266 g/mol. The van der Waals surface area contributed by atoms with Crippen LogP contribution in [0.5, 0.6) is 0 Å². The highest BCUT2D eigenvalue weighted by atomic mass is 14.9. The minimum Gasteiger partial charge on any atom is -0.233 e. The summed E-state index contributed by atoms with van der Waals surface area (Å²) in [6, 6.07) is 2.06. The van der Waals surface area contributed by atoms with E-state index in [-0.39, 0.29) is 0 Å². The van der Waals surface area contributed by atoms with Crippen molar-refractivity contribution in [1.82, 2.24) is 9.97 Å². The van der Waals surface area contributed by atoms with Gasteiger partial charge in [-0.3, -0.25) is 0 Å². The van der Waals surface area contributed by atoms with Gasteiger partial charge in [-0.2, -0.15) is 0 Å². The topological polar surface area (TPSA) is 25.8 Å². The Morgan fingerprint density at radius 2 is 2.25 bits per heavy atom. The van der Waals surface area contributed by atoms with Crippen LogP contribution >= 0.6 is 0 Å². The van der Waals surface area contributed by atoms with Crippen molar-refractivity contribution in [3.63, 3.8) is 0 Å². The second-order valence-electron chi connectivity index (χ2n) is 5.03. The molecule has 0 fully saturated rings. The fourth-order valence-electron chi connectivity index (χ4n) is 2.24. The van der Waals surface area contributed by atoms with E-state index in [0.29, 0.717) is 0 Å². The van der Waals surface area contributed by atoms with Gasteiger partial charge in [-0.25, -0.2) is 9.97 Å². The molecule has 2 rings (SSSR count). The summed E-state index contributed by atoms with van der Waals surface area (Å²) >= 11 is 0. The Morgan fingerprint density at radius 3 is 2.90 bits per heavy atom. The number of unbranched alkanes of at least 4 members (excludes halogenated alkanes) is 1. The molecule has 0 unspecified atom stereocenters. The second-order valence-corrected chi connectivity index (χ2v) is 5.03. The van der Waals surface area contributed by atoms with Crippen molar-refractivity contribution in [2.45, 2.75) is 39.5 Å². The van der Waals surface area contributed by atoms with Crippen LogP contribution in [0.15, 0.2) is 43.0 Å². The summed E-state index contributed by atoms with van der Waals surface area (Å²) in [5.74, 6) is 0.791. The van der Waals surface area contributed by atoms with E-state index in [1.54, 1.807) is 0 Å². The van der Waals surface area contributed by atoms with Crippen LogP contribution in [0.25, 0.3) is 11.1 Å². The van der Waals surface area contributed by atoms with Gasteiger partial charge in [0.2, 0.25) is 0 Å². The summed E-state index contributed by atoms with van der Waals surface area (Å²) in [5, 5.41) is 0. The van der Waals surface area contributed by atoms with Crippen LogP contribution in [0.3, 0.4) is 0 Å². The first-order valence-electron chi connectivity index (χ1n) is 7.29. The third-order valence-corrected chi connectivity index (χ3v) is 3.33. The predicted molar refractivity (Wildman–Crippen MR) is 86.2 cm³/mol. The number of rotatable bonds is 5. The maximum Gasteiger partial charge on any atom is 0.159 e. The minimum atomic E-state index is 0.791. The van der Waals surface area contributed by atoms with Crippen molar-refractivity contribution in [2.75, 3.05) is 0 Å². The highest BCUT2D eigenvalue weighted by molar-refractivity contribution is 5.71. The molecule has 1 aromatic heterocycles. The number of aromatic nitrogens is 2. The van der Waals surface area contributed by atoms with E-state index in [2.05, 4.69) is 48.9 Å². The molecule has 0 amide bonds. The molecule has 0 N–H and O–H groups in total. The van der Waals surface area contributed by atoms with E-state index in [4.69, 9.17) is 4.98 Å². The van der Waals surface area contributed by atoms with E-state index in [1.807, 2.05) is 13.0 Å². The Hall–Kier alpha value is -1.96. The maximum atomic E-state index is 4.73. The lowest BCUT2D eigenvalue weighted by Gasteiger charge is -2.11. The number of allylic oxidation sites excluding steroid dienone is 7. The molecule has 0 aromatic carbocycles. The van der Waals surface area contributed by atoms with Crippen molar-refractivity contribution in [2.24, 2.45) is 0 Å². The first-order valence-corrected chi connectivity index (χ1v) is 7.29. The van der Waals surface area contributed by atoms with Crippen LogP contribution in [0.4, 0.5) is 0 Å². The number of hydrogen-bond acceptors (Lipinski definition) is 2. The summed E-state index contributed by atoms with van der Waals surface area (Å²) < 4.78 is 0. The molecular formula is C18H22N2. The van der Waals surface area contributed by atoms with Crippen molar-refractivity contribution < 1.29 is 0 Å². The van der Waals surface area contributed by atoms with E-state index < -0.39 is 0 Å². The molecule has 0 bridgehead atoms. The quantitative estimate of drug-likeness (QED) is 0.709. The summed E-state index contributed by atoms with van der Waals surface area (Å²) in [6.45, 7) is 8.08. The monoisotopic (exact) mass is 266 g/mol. The first-order chi connectivity index (χ1) is 9.74. The van der Waals surface area contributed by atoms with Gasteiger partial charge in [0, 0.05) is 11.3 Å². The summed E-state index contributed by atoms with van der Waals surface area (Å²) in [4.78, 5) is 9.29. The zero-order valence-electron chi connectivity index (χ0n) is 12.4. The van der Waals surface area contributed by atoms with Crippen LogP contribution in [0.1, 0.15) is 49.8 Å². The van der Waals surface area contributed by atoms with Crippen LogP contribution in [-0.2, 0) is 0 Å². The number of hydrogen-bond donors (Lipinski definition) is 0. The van der Waals surface area contributed by atoms with Crippen LogP contribution in [-0.4, -0.2) is 9.97 Å². The van der Waals surface area contributed by atoms with Crippen molar-refractivity contribution in [3.05, 3.63) is 60.2 Å². The van der Waals surface area contributed by atoms with Crippen molar-refractivity contribution in [1.29, 1.82) is 0 Å². The van der Waals surface area contributed by atoms with Crippen LogP contribution in [0, 0.1) is 6.92 Å². The van der Waals surface area contributed by atoms with Gasteiger partial charge in [0.15, 0.2) is 5.82 Å². The van der Waals surface area contributed by atoms with Crippen LogP contribution < -0.4 is 0 Å². The van der Waals surface area contributed by atoms with E-state index in [0.717, 1.165) is 48.5 Å². The molecule has 2 nitrogen and oxygen atoms in total. The SMILES string of the molecule is C=C/C(=C\CCC)c1nc(C)cc(C2=CC=CCC2)n1. The molecule has 0 aliphatic heterocycles. The largest absolute Gasteiger partial charge is 0.233 e. The average Bonchev–Trinajstić information content (AvgIpc) is 2.48. The molecule has 0 spiro atoms. The molecule has 0 radical (unpaired) electrons. The molecule has 20 heavy (non-hydrogen) atoms. The van der Waals surface area contributed by atoms with Gasteiger partial charge >= 0.3 is 0 Å².